The van der Waals surface area contributed by atoms with Gasteiger partial charge in [-0.25, -0.2) is 0 Å². The van der Waals surface area contributed by atoms with Crippen LogP contribution in [0.3, 0.4) is 0 Å². The first kappa shape index (κ1) is 10.4. The van der Waals surface area contributed by atoms with Crippen LogP contribution in [0, 0.1) is 10.1 Å². The van der Waals surface area contributed by atoms with Crippen molar-refractivity contribution < 1.29 is 17.9 Å². The lowest BCUT2D eigenvalue weighted by Crippen LogP contribution is -2.03. The van der Waals surface area contributed by atoms with Crippen LogP contribution in [-0.4, -0.2) is 17.9 Å². The van der Waals surface area contributed by atoms with E-state index in [0.717, 1.165) is 18.2 Å². The van der Waals surface area contributed by atoms with Gasteiger partial charge >= 0.3 is 0 Å². The Morgan fingerprint density at radius 2 is 2.00 bits per heavy atom. The lowest BCUT2D eigenvalue weighted by molar-refractivity contribution is -0.384. The van der Waals surface area contributed by atoms with Gasteiger partial charge in [0.2, 0.25) is 0 Å². The predicted octanol–water partition coefficient (Wildman–Crippen LogP) is 0.424. The molecule has 7 nitrogen and oxygen atoms in total. The Balaban J connectivity index is 3.35. The molecule has 0 unspecified atom stereocenters. The molecule has 0 fully saturated rings. The summed E-state index contributed by atoms with van der Waals surface area (Å²) in [6.45, 7) is 0. The van der Waals surface area contributed by atoms with E-state index >= 15 is 0 Å². The summed E-state index contributed by atoms with van der Waals surface area (Å²) in [6, 6.07) is 2.69. The molecule has 0 saturated heterocycles. The minimum absolute atomic E-state index is 0.338. The summed E-state index contributed by atoms with van der Waals surface area (Å²) in [5.74, 6) is 0. The zero-order valence-corrected chi connectivity index (χ0v) is 7.56. The fourth-order valence-electron chi connectivity index (χ4n) is 0.884. The Kier molecular flexibility index (Phi) is 2.41. The Morgan fingerprint density at radius 1 is 1.43 bits per heavy atom. The van der Waals surface area contributed by atoms with Crippen molar-refractivity contribution in [3.8, 4) is 0 Å². The van der Waals surface area contributed by atoms with Gasteiger partial charge in [-0.3, -0.25) is 14.7 Å². The maximum atomic E-state index is 10.6. The summed E-state index contributed by atoms with van der Waals surface area (Å²) in [7, 11) is -4.42. The highest BCUT2D eigenvalue weighted by Crippen LogP contribution is 2.23. The summed E-state index contributed by atoms with van der Waals surface area (Å²) in [5, 5.41) is 10.3. The monoisotopic (exact) mass is 218 g/mol. The summed E-state index contributed by atoms with van der Waals surface area (Å²) >= 11 is 0. The van der Waals surface area contributed by atoms with Gasteiger partial charge < -0.3 is 5.73 Å². The first-order valence-corrected chi connectivity index (χ1v) is 4.78. The second kappa shape index (κ2) is 3.24. The van der Waals surface area contributed by atoms with Gasteiger partial charge in [0.15, 0.2) is 0 Å². The highest BCUT2D eigenvalue weighted by Gasteiger charge is 2.16. The highest BCUT2D eigenvalue weighted by atomic mass is 32.2. The zero-order valence-electron chi connectivity index (χ0n) is 6.75. The number of nitro benzene ring substituents is 1. The van der Waals surface area contributed by atoms with E-state index in [4.69, 9.17) is 10.3 Å². The Hall–Kier alpha value is -1.67. The molecular weight excluding hydrogens is 212 g/mol. The molecule has 0 saturated carbocycles. The molecular formula is C6H6N2O5S. The predicted molar refractivity (Wildman–Crippen MR) is 47.3 cm³/mol. The van der Waals surface area contributed by atoms with Crippen molar-refractivity contribution in [2.24, 2.45) is 0 Å². The molecule has 1 aromatic rings. The van der Waals surface area contributed by atoms with Crippen LogP contribution in [0.5, 0.6) is 0 Å². The molecule has 0 atom stereocenters. The van der Waals surface area contributed by atoms with Gasteiger partial charge in [-0.2, -0.15) is 8.42 Å². The summed E-state index contributed by atoms with van der Waals surface area (Å²) in [4.78, 5) is 9.00. The fraction of sp³-hybridized carbons (Fsp3) is 0. The van der Waals surface area contributed by atoms with Crippen molar-refractivity contribution in [1.29, 1.82) is 0 Å². The molecule has 14 heavy (non-hydrogen) atoms. The number of nitrogens with zero attached hydrogens (tertiary/aromatic N) is 1. The molecule has 0 heterocycles. The maximum absolute atomic E-state index is 10.6. The number of non-ortho nitro benzene ring substituents is 1. The molecule has 0 bridgehead atoms. The van der Waals surface area contributed by atoms with E-state index in [9.17, 15) is 18.5 Å². The SMILES string of the molecule is Nc1cc([N+](=O)[O-])ccc1S(=O)(=O)O. The topological polar surface area (TPSA) is 124 Å². The number of hydrogen-bond donors (Lipinski definition) is 2. The van der Waals surface area contributed by atoms with E-state index < -0.39 is 19.9 Å². The quantitative estimate of drug-likeness (QED) is 0.321. The minimum atomic E-state index is -4.42. The van der Waals surface area contributed by atoms with Crippen LogP contribution >= 0.6 is 0 Å². The maximum Gasteiger partial charge on any atom is 0.296 e. The zero-order chi connectivity index (χ0) is 10.9. The number of rotatable bonds is 2. The van der Waals surface area contributed by atoms with E-state index in [0.29, 0.717) is 0 Å². The van der Waals surface area contributed by atoms with Gasteiger partial charge in [0.05, 0.1) is 10.6 Å². The Morgan fingerprint density at radius 3 is 2.36 bits per heavy atom. The molecule has 0 spiro atoms. The van der Waals surface area contributed by atoms with Crippen molar-refractivity contribution in [3.05, 3.63) is 28.3 Å². The summed E-state index contributed by atoms with van der Waals surface area (Å²) < 4.78 is 29.9. The molecule has 0 amide bonds. The van der Waals surface area contributed by atoms with Crippen molar-refractivity contribution in [2.75, 3.05) is 5.73 Å². The minimum Gasteiger partial charge on any atom is -0.397 e. The van der Waals surface area contributed by atoms with Crippen LogP contribution in [0.4, 0.5) is 11.4 Å². The van der Waals surface area contributed by atoms with Crippen LogP contribution in [0.25, 0.3) is 0 Å². The molecule has 0 radical (unpaired) electrons. The van der Waals surface area contributed by atoms with Crippen LogP contribution in [0.15, 0.2) is 23.1 Å². The fourth-order valence-corrected chi connectivity index (χ4v) is 1.48. The molecule has 1 aromatic carbocycles. The van der Waals surface area contributed by atoms with Crippen molar-refractivity contribution >= 4 is 21.5 Å². The number of nitro groups is 1. The van der Waals surface area contributed by atoms with Crippen LogP contribution in [-0.2, 0) is 10.1 Å². The second-order valence-corrected chi connectivity index (χ2v) is 3.84. The third-order valence-electron chi connectivity index (χ3n) is 1.48. The van der Waals surface area contributed by atoms with Gasteiger partial charge in [-0.05, 0) is 6.07 Å². The number of nitrogens with two attached hydrogens (primary N) is 1. The van der Waals surface area contributed by atoms with E-state index in [-0.39, 0.29) is 11.4 Å². The molecule has 0 aliphatic rings. The molecule has 76 valence electrons. The number of hydrogen-bond acceptors (Lipinski definition) is 5. The van der Waals surface area contributed by atoms with Gasteiger partial charge in [0, 0.05) is 12.1 Å². The molecule has 1 rings (SSSR count). The average molecular weight is 218 g/mol. The molecule has 0 aliphatic heterocycles. The van der Waals surface area contributed by atoms with Crippen LogP contribution in [0.2, 0.25) is 0 Å². The third-order valence-corrected chi connectivity index (χ3v) is 2.41. The van der Waals surface area contributed by atoms with Gasteiger partial charge in [-0.15, -0.1) is 0 Å². The number of benzene rings is 1. The highest BCUT2D eigenvalue weighted by molar-refractivity contribution is 7.86. The second-order valence-electron chi connectivity index (χ2n) is 2.45. The van der Waals surface area contributed by atoms with E-state index in [1.54, 1.807) is 0 Å². The standard InChI is InChI=1S/C6H6N2O5S/c7-5-3-4(8(9)10)1-2-6(5)14(11,12)13/h1-3H,7H2,(H,11,12,13). The third kappa shape index (κ3) is 1.98. The van der Waals surface area contributed by atoms with Gasteiger partial charge in [0.25, 0.3) is 15.8 Å². The van der Waals surface area contributed by atoms with Crippen molar-refractivity contribution in [1.82, 2.24) is 0 Å². The Labute approximate surface area is 79.1 Å². The van der Waals surface area contributed by atoms with Crippen molar-refractivity contribution in [2.45, 2.75) is 4.90 Å². The van der Waals surface area contributed by atoms with Crippen LogP contribution in [0.1, 0.15) is 0 Å². The van der Waals surface area contributed by atoms with Gasteiger partial charge in [-0.1, -0.05) is 0 Å². The first-order valence-electron chi connectivity index (χ1n) is 3.34. The normalized spacial score (nSPS) is 11.2. The molecule has 0 aromatic heterocycles. The molecule has 3 N–H and O–H groups in total. The van der Waals surface area contributed by atoms with Crippen molar-refractivity contribution in [3.63, 3.8) is 0 Å². The van der Waals surface area contributed by atoms with E-state index in [1.165, 1.54) is 0 Å². The largest absolute Gasteiger partial charge is 0.397 e. The lowest BCUT2D eigenvalue weighted by atomic mass is 10.3. The lowest BCUT2D eigenvalue weighted by Gasteiger charge is -2.00. The number of nitrogen functional groups attached to an aromatic ring is 1. The van der Waals surface area contributed by atoms with E-state index in [2.05, 4.69) is 0 Å². The van der Waals surface area contributed by atoms with Crippen LogP contribution < -0.4 is 5.73 Å². The first-order chi connectivity index (χ1) is 6.32. The molecule has 0 aliphatic carbocycles. The smallest absolute Gasteiger partial charge is 0.296 e. The average Bonchev–Trinajstić information content (AvgIpc) is 2.01. The molecule has 8 heteroatoms. The van der Waals surface area contributed by atoms with E-state index in [1.807, 2.05) is 0 Å². The summed E-state index contributed by atoms with van der Waals surface area (Å²) in [5.41, 5.74) is 4.50. The number of anilines is 1. The Bertz CT molecular complexity index is 481. The van der Waals surface area contributed by atoms with Gasteiger partial charge in [0.1, 0.15) is 4.90 Å². The summed E-state index contributed by atoms with van der Waals surface area (Å²) in [6.07, 6.45) is 0.